The topological polar surface area (TPSA) is 94.6 Å². The van der Waals surface area contributed by atoms with E-state index in [1.54, 1.807) is 32.7 Å². The SMILES string of the molecule is COc1ccc(-c2cnc(OCC(=O)NC(Cc3cccc(Cl)c3Cl)C3CCCNC3)nc2)cc1OC. The average Bonchev–Trinajstić information content (AvgIpc) is 2.94. The molecule has 1 saturated heterocycles. The Balaban J connectivity index is 1.38. The number of halogens is 2. The number of nitrogens with zero attached hydrogens (tertiary/aromatic N) is 2. The van der Waals surface area contributed by atoms with E-state index < -0.39 is 0 Å². The Kier molecular flexibility index (Phi) is 9.44. The molecule has 10 heteroatoms. The molecule has 1 amide bonds. The Bertz CT molecular complexity index is 1200. The Hall–Kier alpha value is -3.07. The zero-order chi connectivity index (χ0) is 26.2. The summed E-state index contributed by atoms with van der Waals surface area (Å²) >= 11 is 12.6. The van der Waals surface area contributed by atoms with Gasteiger partial charge in [-0.2, -0.15) is 0 Å². The van der Waals surface area contributed by atoms with Crippen LogP contribution in [0.1, 0.15) is 18.4 Å². The van der Waals surface area contributed by atoms with E-state index in [1.165, 1.54) is 0 Å². The van der Waals surface area contributed by atoms with Crippen molar-refractivity contribution in [2.45, 2.75) is 25.3 Å². The number of carbonyl (C=O) groups is 1. The molecule has 2 unspecified atom stereocenters. The van der Waals surface area contributed by atoms with Gasteiger partial charge in [0.1, 0.15) is 0 Å². The normalized spacial score (nSPS) is 16.1. The summed E-state index contributed by atoms with van der Waals surface area (Å²) in [4.78, 5) is 21.3. The van der Waals surface area contributed by atoms with E-state index >= 15 is 0 Å². The van der Waals surface area contributed by atoms with Crippen molar-refractivity contribution in [1.82, 2.24) is 20.6 Å². The Morgan fingerprint density at radius 1 is 1.11 bits per heavy atom. The van der Waals surface area contributed by atoms with Crippen LogP contribution in [0.15, 0.2) is 48.8 Å². The van der Waals surface area contributed by atoms with Gasteiger partial charge in [0.15, 0.2) is 18.1 Å². The number of hydrogen-bond donors (Lipinski definition) is 2. The van der Waals surface area contributed by atoms with Gasteiger partial charge in [0.2, 0.25) is 0 Å². The molecule has 0 radical (unpaired) electrons. The zero-order valence-electron chi connectivity index (χ0n) is 20.8. The predicted octanol–water partition coefficient (Wildman–Crippen LogP) is 4.57. The maximum absolute atomic E-state index is 12.8. The molecule has 2 heterocycles. The second-order valence-corrected chi connectivity index (χ2v) is 9.60. The van der Waals surface area contributed by atoms with Crippen molar-refractivity contribution in [2.75, 3.05) is 33.9 Å². The summed E-state index contributed by atoms with van der Waals surface area (Å²) in [5, 5.41) is 7.56. The van der Waals surface area contributed by atoms with Gasteiger partial charge in [0.25, 0.3) is 5.91 Å². The monoisotopic (exact) mass is 544 g/mol. The molecule has 1 aliphatic heterocycles. The number of carbonyl (C=O) groups excluding carboxylic acids is 1. The lowest BCUT2D eigenvalue weighted by Crippen LogP contribution is -2.48. The number of aromatic nitrogens is 2. The largest absolute Gasteiger partial charge is 0.493 e. The van der Waals surface area contributed by atoms with Crippen molar-refractivity contribution in [3.05, 3.63) is 64.4 Å². The van der Waals surface area contributed by atoms with Crippen LogP contribution in [0.25, 0.3) is 11.1 Å². The van der Waals surface area contributed by atoms with Gasteiger partial charge >= 0.3 is 6.01 Å². The molecule has 1 aliphatic rings. The lowest BCUT2D eigenvalue weighted by Gasteiger charge is -2.32. The summed E-state index contributed by atoms with van der Waals surface area (Å²) in [5.74, 6) is 1.27. The number of benzene rings is 2. The summed E-state index contributed by atoms with van der Waals surface area (Å²) in [6, 6.07) is 11.1. The van der Waals surface area contributed by atoms with Crippen LogP contribution in [0.4, 0.5) is 0 Å². The molecule has 37 heavy (non-hydrogen) atoms. The summed E-state index contributed by atoms with van der Waals surface area (Å²) in [5.41, 5.74) is 2.55. The van der Waals surface area contributed by atoms with Crippen LogP contribution >= 0.6 is 23.2 Å². The van der Waals surface area contributed by atoms with Gasteiger partial charge < -0.3 is 24.8 Å². The van der Waals surface area contributed by atoms with Gasteiger partial charge in [0.05, 0.1) is 24.3 Å². The van der Waals surface area contributed by atoms with Gasteiger partial charge in [0, 0.05) is 24.0 Å². The van der Waals surface area contributed by atoms with Crippen LogP contribution in [0.2, 0.25) is 10.0 Å². The minimum absolute atomic E-state index is 0.117. The highest BCUT2D eigenvalue weighted by Crippen LogP contribution is 2.32. The zero-order valence-corrected chi connectivity index (χ0v) is 22.3. The number of piperidine rings is 1. The van der Waals surface area contributed by atoms with Crippen LogP contribution in [0.3, 0.4) is 0 Å². The van der Waals surface area contributed by atoms with Crippen molar-refractivity contribution in [3.63, 3.8) is 0 Å². The molecule has 0 aliphatic carbocycles. The van der Waals surface area contributed by atoms with Crippen molar-refractivity contribution in [2.24, 2.45) is 5.92 Å². The summed E-state index contributed by atoms with van der Waals surface area (Å²) < 4.78 is 16.2. The highest BCUT2D eigenvalue weighted by atomic mass is 35.5. The number of nitrogens with one attached hydrogen (secondary N) is 2. The average molecular weight is 545 g/mol. The molecule has 0 bridgehead atoms. The van der Waals surface area contributed by atoms with Crippen LogP contribution in [0, 0.1) is 5.92 Å². The first-order valence-corrected chi connectivity index (χ1v) is 12.8. The quantitative estimate of drug-likeness (QED) is 0.386. The molecule has 0 saturated carbocycles. The standard InChI is InChI=1S/C27H30Cl2N4O4/c1-35-23-9-8-17(12-24(23)36-2)20-14-31-27(32-15-20)37-16-25(34)33-22(19-6-4-10-30-13-19)11-18-5-3-7-21(28)26(18)29/h3,5,7-9,12,14-15,19,22,30H,4,6,10-11,13,16H2,1-2H3,(H,33,34). The Labute approximate surface area is 226 Å². The van der Waals surface area contributed by atoms with Crippen LogP contribution in [0.5, 0.6) is 17.5 Å². The maximum Gasteiger partial charge on any atom is 0.316 e. The van der Waals surface area contributed by atoms with Crippen LogP contribution in [-0.4, -0.2) is 55.8 Å². The van der Waals surface area contributed by atoms with E-state index in [9.17, 15) is 4.79 Å². The summed E-state index contributed by atoms with van der Waals surface area (Å²) in [6.45, 7) is 1.61. The lowest BCUT2D eigenvalue weighted by molar-refractivity contribution is -0.124. The van der Waals surface area contributed by atoms with Gasteiger partial charge in [-0.05, 0) is 67.6 Å². The number of rotatable bonds is 10. The van der Waals surface area contributed by atoms with Crippen molar-refractivity contribution in [1.29, 1.82) is 0 Å². The second kappa shape index (κ2) is 12.9. The third kappa shape index (κ3) is 7.03. The first-order valence-electron chi connectivity index (χ1n) is 12.1. The summed E-state index contributed by atoms with van der Waals surface area (Å²) in [6.07, 6.45) is 5.92. The molecule has 0 spiro atoms. The fourth-order valence-corrected chi connectivity index (χ4v) is 4.83. The Morgan fingerprint density at radius 3 is 2.59 bits per heavy atom. The Morgan fingerprint density at radius 2 is 1.89 bits per heavy atom. The molecule has 1 fully saturated rings. The highest BCUT2D eigenvalue weighted by Gasteiger charge is 2.26. The van der Waals surface area contributed by atoms with Crippen LogP contribution in [-0.2, 0) is 11.2 Å². The third-order valence-corrected chi connectivity index (χ3v) is 7.26. The minimum atomic E-state index is -0.249. The van der Waals surface area contributed by atoms with E-state index in [4.69, 9.17) is 37.4 Å². The van der Waals surface area contributed by atoms with E-state index in [1.807, 2.05) is 30.3 Å². The maximum atomic E-state index is 12.8. The molecule has 4 rings (SSSR count). The van der Waals surface area contributed by atoms with Crippen molar-refractivity contribution >= 4 is 29.1 Å². The molecule has 8 nitrogen and oxygen atoms in total. The van der Waals surface area contributed by atoms with Gasteiger partial charge in [-0.25, -0.2) is 9.97 Å². The third-order valence-electron chi connectivity index (χ3n) is 6.40. The van der Waals surface area contributed by atoms with Gasteiger partial charge in [-0.3, -0.25) is 4.79 Å². The highest BCUT2D eigenvalue weighted by molar-refractivity contribution is 6.42. The van der Waals surface area contributed by atoms with E-state index in [2.05, 4.69) is 20.6 Å². The van der Waals surface area contributed by atoms with Crippen molar-refractivity contribution < 1.29 is 19.0 Å². The number of methoxy groups -OCH3 is 2. The number of ether oxygens (including phenoxy) is 3. The molecule has 3 aromatic rings. The van der Waals surface area contributed by atoms with Crippen LogP contribution < -0.4 is 24.8 Å². The molecular formula is C27H30Cl2N4O4. The fourth-order valence-electron chi connectivity index (χ4n) is 4.43. The smallest absolute Gasteiger partial charge is 0.316 e. The molecule has 196 valence electrons. The predicted molar refractivity (Wildman–Crippen MR) is 144 cm³/mol. The molecule has 1 aromatic heterocycles. The minimum Gasteiger partial charge on any atom is -0.493 e. The molecular weight excluding hydrogens is 515 g/mol. The van der Waals surface area contributed by atoms with Crippen molar-refractivity contribution in [3.8, 4) is 28.6 Å². The van der Waals surface area contributed by atoms with E-state index in [-0.39, 0.29) is 30.5 Å². The lowest BCUT2D eigenvalue weighted by atomic mass is 9.87. The van der Waals surface area contributed by atoms with E-state index in [0.29, 0.717) is 28.0 Å². The number of amides is 1. The van der Waals surface area contributed by atoms with Gasteiger partial charge in [-0.1, -0.05) is 41.4 Å². The van der Waals surface area contributed by atoms with Gasteiger partial charge in [-0.15, -0.1) is 0 Å². The van der Waals surface area contributed by atoms with E-state index in [0.717, 1.165) is 42.6 Å². The second-order valence-electron chi connectivity index (χ2n) is 8.81. The molecule has 2 aromatic carbocycles. The molecule has 2 N–H and O–H groups in total. The fraction of sp³-hybridized carbons (Fsp3) is 0.370. The molecule has 2 atom stereocenters. The summed E-state index contributed by atoms with van der Waals surface area (Å²) in [7, 11) is 3.17. The first-order chi connectivity index (χ1) is 18.0. The number of hydrogen-bond acceptors (Lipinski definition) is 7. The first kappa shape index (κ1) is 27.0.